The molecular weight excluding hydrogens is 414 g/mol. The highest BCUT2D eigenvalue weighted by molar-refractivity contribution is 7.20. The van der Waals surface area contributed by atoms with Crippen molar-refractivity contribution in [1.29, 1.82) is 0 Å². The zero-order valence-electron chi connectivity index (χ0n) is 17.1. The third kappa shape index (κ3) is 4.36. The van der Waals surface area contributed by atoms with Gasteiger partial charge in [0.2, 0.25) is 11.0 Å². The van der Waals surface area contributed by atoms with E-state index in [1.165, 1.54) is 35.6 Å². The number of aromatic nitrogens is 3. The molecular formula is C22H19N5O3S. The van der Waals surface area contributed by atoms with E-state index in [1.54, 1.807) is 22.9 Å². The number of nitro benzene ring substituents is 1. The van der Waals surface area contributed by atoms with Gasteiger partial charge in [-0.15, -0.1) is 0 Å². The van der Waals surface area contributed by atoms with Gasteiger partial charge in [0, 0.05) is 24.3 Å². The fourth-order valence-corrected chi connectivity index (χ4v) is 4.37. The van der Waals surface area contributed by atoms with Gasteiger partial charge in [-0.05, 0) is 49.6 Å². The summed E-state index contributed by atoms with van der Waals surface area (Å²) in [5, 5.41) is 18.9. The predicted molar refractivity (Wildman–Crippen MR) is 122 cm³/mol. The van der Waals surface area contributed by atoms with Gasteiger partial charge < -0.3 is 5.32 Å². The Hall–Kier alpha value is -3.85. The van der Waals surface area contributed by atoms with Crippen LogP contribution < -0.4 is 5.32 Å². The zero-order valence-corrected chi connectivity index (χ0v) is 17.9. The lowest BCUT2D eigenvalue weighted by Crippen LogP contribution is -2.12. The van der Waals surface area contributed by atoms with Crippen molar-refractivity contribution in [3.05, 3.63) is 81.0 Å². The first kappa shape index (κ1) is 20.4. The second-order valence-corrected chi connectivity index (χ2v) is 8.19. The van der Waals surface area contributed by atoms with Crippen molar-refractivity contribution >= 4 is 45.0 Å². The number of fused-ring (bicyclic) bond motifs is 1. The van der Waals surface area contributed by atoms with Crippen LogP contribution in [0.15, 0.2) is 48.5 Å². The molecule has 0 saturated carbocycles. The van der Waals surface area contributed by atoms with E-state index in [2.05, 4.69) is 22.5 Å². The number of carbonyl (C=O) groups is 1. The Morgan fingerprint density at radius 1 is 1.19 bits per heavy atom. The van der Waals surface area contributed by atoms with E-state index < -0.39 is 4.92 Å². The zero-order chi connectivity index (χ0) is 22.1. The quantitative estimate of drug-likeness (QED) is 0.272. The molecule has 2 heterocycles. The summed E-state index contributed by atoms with van der Waals surface area (Å²) in [7, 11) is 0. The van der Waals surface area contributed by atoms with Crippen LogP contribution in [0.5, 0.6) is 0 Å². The lowest BCUT2D eigenvalue weighted by atomic mass is 10.1. The molecule has 156 valence electrons. The van der Waals surface area contributed by atoms with Crippen molar-refractivity contribution in [2.24, 2.45) is 0 Å². The number of non-ortho nitro benzene ring substituents is 1. The first-order chi connectivity index (χ1) is 14.8. The number of amides is 1. The van der Waals surface area contributed by atoms with E-state index in [0.29, 0.717) is 16.5 Å². The molecule has 0 spiro atoms. The molecule has 0 radical (unpaired) electrons. The van der Waals surface area contributed by atoms with Gasteiger partial charge in [-0.3, -0.25) is 14.9 Å². The van der Waals surface area contributed by atoms with Crippen LogP contribution in [0.25, 0.3) is 21.4 Å². The molecule has 0 fully saturated rings. The maximum absolute atomic E-state index is 12.5. The van der Waals surface area contributed by atoms with Crippen LogP contribution in [0.3, 0.4) is 0 Å². The van der Waals surface area contributed by atoms with Gasteiger partial charge in [0.15, 0.2) is 0 Å². The van der Waals surface area contributed by atoms with E-state index in [4.69, 9.17) is 4.98 Å². The first-order valence-electron chi connectivity index (χ1n) is 9.48. The molecule has 4 aromatic rings. The SMILES string of the molecule is Cc1cc(C)c2nc(-n3nc(C)cc3NC(=O)/C=C/c3cccc([N+](=O)[O-])c3)sc2c1. The Morgan fingerprint density at radius 3 is 2.77 bits per heavy atom. The van der Waals surface area contributed by atoms with Crippen molar-refractivity contribution in [3.8, 4) is 5.13 Å². The van der Waals surface area contributed by atoms with Crippen LogP contribution in [0.1, 0.15) is 22.4 Å². The summed E-state index contributed by atoms with van der Waals surface area (Å²) < 4.78 is 2.68. The molecule has 1 N–H and O–H groups in total. The number of hydrogen-bond acceptors (Lipinski definition) is 6. The van der Waals surface area contributed by atoms with E-state index in [9.17, 15) is 14.9 Å². The van der Waals surface area contributed by atoms with Crippen LogP contribution in [0.2, 0.25) is 0 Å². The first-order valence-corrected chi connectivity index (χ1v) is 10.3. The highest BCUT2D eigenvalue weighted by atomic mass is 32.1. The van der Waals surface area contributed by atoms with Crippen molar-refractivity contribution in [2.45, 2.75) is 20.8 Å². The summed E-state index contributed by atoms with van der Waals surface area (Å²) in [6.07, 6.45) is 2.86. The molecule has 0 saturated heterocycles. The molecule has 2 aromatic carbocycles. The average molecular weight is 433 g/mol. The third-order valence-electron chi connectivity index (χ3n) is 4.59. The van der Waals surface area contributed by atoms with Crippen LogP contribution in [0.4, 0.5) is 11.5 Å². The highest BCUT2D eigenvalue weighted by Gasteiger charge is 2.15. The van der Waals surface area contributed by atoms with Gasteiger partial charge in [0.05, 0.1) is 20.8 Å². The maximum atomic E-state index is 12.5. The minimum atomic E-state index is -0.472. The summed E-state index contributed by atoms with van der Waals surface area (Å²) in [6, 6.07) is 12.0. The fourth-order valence-electron chi connectivity index (χ4n) is 3.27. The number of nitro groups is 1. The van der Waals surface area contributed by atoms with Crippen molar-refractivity contribution in [1.82, 2.24) is 14.8 Å². The summed E-state index contributed by atoms with van der Waals surface area (Å²) in [4.78, 5) is 27.6. The smallest absolute Gasteiger partial charge is 0.270 e. The van der Waals surface area contributed by atoms with Gasteiger partial charge in [0.1, 0.15) is 5.82 Å². The second kappa shape index (κ2) is 8.11. The van der Waals surface area contributed by atoms with Gasteiger partial charge in [0.25, 0.3) is 5.69 Å². The van der Waals surface area contributed by atoms with E-state index in [0.717, 1.165) is 27.0 Å². The number of nitrogens with one attached hydrogen (secondary N) is 1. The molecule has 4 rings (SSSR count). The number of anilines is 1. The average Bonchev–Trinajstić information content (AvgIpc) is 3.29. The molecule has 0 atom stereocenters. The van der Waals surface area contributed by atoms with Gasteiger partial charge in [-0.25, -0.2) is 4.98 Å². The third-order valence-corrected chi connectivity index (χ3v) is 5.57. The molecule has 0 aliphatic carbocycles. The second-order valence-electron chi connectivity index (χ2n) is 7.18. The molecule has 2 aromatic heterocycles. The lowest BCUT2D eigenvalue weighted by Gasteiger charge is -2.04. The lowest BCUT2D eigenvalue weighted by molar-refractivity contribution is -0.384. The molecule has 0 unspecified atom stereocenters. The monoisotopic (exact) mass is 433 g/mol. The van der Waals surface area contributed by atoms with Crippen molar-refractivity contribution in [3.63, 3.8) is 0 Å². The molecule has 8 nitrogen and oxygen atoms in total. The summed E-state index contributed by atoms with van der Waals surface area (Å²) >= 11 is 1.50. The normalized spacial score (nSPS) is 11.3. The van der Waals surface area contributed by atoms with Crippen LogP contribution in [0, 0.1) is 30.9 Å². The number of thiazole rings is 1. The topological polar surface area (TPSA) is 103 Å². The van der Waals surface area contributed by atoms with Crippen LogP contribution >= 0.6 is 11.3 Å². The number of aryl methyl sites for hydroxylation is 3. The molecule has 0 aliphatic rings. The summed E-state index contributed by atoms with van der Waals surface area (Å²) in [6.45, 7) is 5.91. The predicted octanol–water partition coefficient (Wildman–Crippen LogP) is 4.97. The Balaban J connectivity index is 1.59. The minimum Gasteiger partial charge on any atom is -0.307 e. The van der Waals surface area contributed by atoms with Gasteiger partial charge in [-0.1, -0.05) is 29.5 Å². The number of benzene rings is 2. The maximum Gasteiger partial charge on any atom is 0.270 e. The number of carbonyl (C=O) groups excluding carboxylic acids is 1. The molecule has 31 heavy (non-hydrogen) atoms. The minimum absolute atomic E-state index is 0.0300. The fraction of sp³-hybridized carbons (Fsp3) is 0.136. The Kier molecular flexibility index (Phi) is 5.35. The Labute approximate surface area is 182 Å². The highest BCUT2D eigenvalue weighted by Crippen LogP contribution is 2.30. The Morgan fingerprint density at radius 2 is 2.00 bits per heavy atom. The molecule has 9 heteroatoms. The Bertz CT molecular complexity index is 1350. The summed E-state index contributed by atoms with van der Waals surface area (Å²) in [5.74, 6) is 0.125. The standard InChI is InChI=1S/C22H19N5O3S/c1-13-9-14(2)21-18(10-13)31-22(24-21)26-19(11-15(3)25-26)23-20(28)8-7-16-5-4-6-17(12-16)27(29)30/h4-12H,1-3H3,(H,23,28)/b8-7+. The van der Waals surface area contributed by atoms with E-state index in [-0.39, 0.29) is 11.6 Å². The van der Waals surface area contributed by atoms with Gasteiger partial charge in [-0.2, -0.15) is 9.78 Å². The number of nitrogens with zero attached hydrogens (tertiary/aromatic N) is 4. The van der Waals surface area contributed by atoms with Crippen LogP contribution in [-0.2, 0) is 4.79 Å². The van der Waals surface area contributed by atoms with Crippen molar-refractivity contribution in [2.75, 3.05) is 5.32 Å². The van der Waals surface area contributed by atoms with E-state index in [1.807, 2.05) is 20.8 Å². The largest absolute Gasteiger partial charge is 0.307 e. The molecule has 0 aliphatic heterocycles. The van der Waals surface area contributed by atoms with E-state index >= 15 is 0 Å². The van der Waals surface area contributed by atoms with Gasteiger partial charge >= 0.3 is 0 Å². The van der Waals surface area contributed by atoms with Crippen molar-refractivity contribution < 1.29 is 9.72 Å². The number of hydrogen-bond donors (Lipinski definition) is 1. The molecule has 1 amide bonds. The summed E-state index contributed by atoms with van der Waals surface area (Å²) in [5.41, 5.74) is 4.44. The molecule has 0 bridgehead atoms. The van der Waals surface area contributed by atoms with Crippen LogP contribution in [-0.4, -0.2) is 25.6 Å². The number of rotatable bonds is 5.